The number of phenolic OH excluding ortho intramolecular Hbond substituents is 4. The van der Waals surface area contributed by atoms with Crippen molar-refractivity contribution in [1.82, 2.24) is 0 Å². The number of hydrogen-bond acceptors (Lipinski definition) is 4. The van der Waals surface area contributed by atoms with E-state index >= 15 is 0 Å². The van der Waals surface area contributed by atoms with E-state index in [0.29, 0.717) is 5.56 Å². The summed E-state index contributed by atoms with van der Waals surface area (Å²) in [6.45, 7) is 4.34. The highest BCUT2D eigenvalue weighted by atomic mass is 16.3. The quantitative estimate of drug-likeness (QED) is 0.353. The van der Waals surface area contributed by atoms with Crippen molar-refractivity contribution >= 4 is 0 Å². The molecule has 0 saturated heterocycles. The third-order valence-electron chi connectivity index (χ3n) is 4.78. The molecule has 0 atom stereocenters. The summed E-state index contributed by atoms with van der Waals surface area (Å²) in [4.78, 5) is 0. The van der Waals surface area contributed by atoms with Gasteiger partial charge in [-0.15, -0.1) is 0 Å². The SMILES string of the molecule is CCCCCCc1c(O)cccc1O.CCCCCCc1ccc(O)cc1O. The number of phenols is 4. The Hall–Kier alpha value is -2.36. The Kier molecular flexibility index (Phi) is 11.6. The second kappa shape index (κ2) is 13.8. The van der Waals surface area contributed by atoms with Gasteiger partial charge in [0.05, 0.1) is 0 Å². The van der Waals surface area contributed by atoms with Gasteiger partial charge in [-0.2, -0.15) is 0 Å². The molecule has 0 unspecified atom stereocenters. The van der Waals surface area contributed by atoms with E-state index in [1.54, 1.807) is 30.3 Å². The number of aromatic hydroxyl groups is 4. The Morgan fingerprint density at radius 3 is 1.71 bits per heavy atom. The number of aryl methyl sites for hydroxylation is 1. The van der Waals surface area contributed by atoms with Crippen LogP contribution >= 0.6 is 0 Å². The van der Waals surface area contributed by atoms with E-state index in [0.717, 1.165) is 37.7 Å². The van der Waals surface area contributed by atoms with Crippen molar-refractivity contribution in [3.8, 4) is 23.0 Å². The predicted octanol–water partition coefficient (Wildman–Crippen LogP) is 6.44. The Balaban J connectivity index is 0.000000280. The minimum atomic E-state index is 0.125. The first-order valence-electron chi connectivity index (χ1n) is 10.5. The molecule has 4 heteroatoms. The summed E-state index contributed by atoms with van der Waals surface area (Å²) in [6, 6.07) is 9.70. The fourth-order valence-corrected chi connectivity index (χ4v) is 3.05. The summed E-state index contributed by atoms with van der Waals surface area (Å²) in [5.74, 6) is 0.754. The van der Waals surface area contributed by atoms with Crippen LogP contribution in [0.5, 0.6) is 23.0 Å². The normalized spacial score (nSPS) is 10.4. The molecule has 2 rings (SSSR count). The number of rotatable bonds is 10. The molecule has 28 heavy (non-hydrogen) atoms. The van der Waals surface area contributed by atoms with Gasteiger partial charge in [0.2, 0.25) is 0 Å². The van der Waals surface area contributed by atoms with E-state index in [4.69, 9.17) is 5.11 Å². The van der Waals surface area contributed by atoms with Crippen LogP contribution in [0.4, 0.5) is 0 Å². The summed E-state index contributed by atoms with van der Waals surface area (Å²) >= 11 is 0. The van der Waals surface area contributed by atoms with Crippen molar-refractivity contribution in [2.45, 2.75) is 78.1 Å². The van der Waals surface area contributed by atoms with E-state index in [1.807, 2.05) is 0 Å². The average Bonchev–Trinajstić information content (AvgIpc) is 2.66. The van der Waals surface area contributed by atoms with Gasteiger partial charge in [0.25, 0.3) is 0 Å². The lowest BCUT2D eigenvalue weighted by atomic mass is 10.0. The van der Waals surface area contributed by atoms with Gasteiger partial charge in [-0.1, -0.05) is 64.5 Å². The van der Waals surface area contributed by atoms with Gasteiger partial charge in [0, 0.05) is 11.6 Å². The van der Waals surface area contributed by atoms with Crippen molar-refractivity contribution in [3.63, 3.8) is 0 Å². The van der Waals surface area contributed by atoms with Crippen molar-refractivity contribution in [3.05, 3.63) is 47.5 Å². The van der Waals surface area contributed by atoms with Gasteiger partial charge < -0.3 is 20.4 Å². The standard InChI is InChI=1S/2C12H18O2/c1-2-3-4-5-7-10-11(13)8-6-9-12(10)14;1-2-3-4-5-6-10-7-8-11(13)9-12(10)14/h6,8-9,13-14H,2-5,7H2,1H3;7-9,13-14H,2-6H2,1H3. The van der Waals surface area contributed by atoms with Gasteiger partial charge in [-0.25, -0.2) is 0 Å². The highest BCUT2D eigenvalue weighted by molar-refractivity contribution is 5.42. The van der Waals surface area contributed by atoms with E-state index in [9.17, 15) is 15.3 Å². The van der Waals surface area contributed by atoms with Crippen molar-refractivity contribution in [2.75, 3.05) is 0 Å². The molecule has 0 aliphatic heterocycles. The maximum atomic E-state index is 9.49. The highest BCUT2D eigenvalue weighted by Gasteiger charge is 2.05. The van der Waals surface area contributed by atoms with Crippen LogP contribution in [0.15, 0.2) is 36.4 Å². The first kappa shape index (κ1) is 23.7. The van der Waals surface area contributed by atoms with Gasteiger partial charge in [-0.05, 0) is 49.4 Å². The third-order valence-corrected chi connectivity index (χ3v) is 4.78. The average molecular weight is 389 g/mol. The minimum Gasteiger partial charge on any atom is -0.508 e. The maximum absolute atomic E-state index is 9.49. The van der Waals surface area contributed by atoms with Crippen LogP contribution in [0.25, 0.3) is 0 Å². The molecule has 0 spiro atoms. The van der Waals surface area contributed by atoms with E-state index in [1.165, 1.54) is 38.2 Å². The molecule has 0 saturated carbocycles. The van der Waals surface area contributed by atoms with Crippen LogP contribution in [0.3, 0.4) is 0 Å². The molecular weight excluding hydrogens is 352 g/mol. The Morgan fingerprint density at radius 2 is 1.18 bits per heavy atom. The summed E-state index contributed by atoms with van der Waals surface area (Å²) < 4.78 is 0. The molecular formula is C24H36O4. The van der Waals surface area contributed by atoms with Crippen LogP contribution in [-0.4, -0.2) is 20.4 Å². The smallest absolute Gasteiger partial charge is 0.122 e. The molecule has 2 aromatic carbocycles. The molecule has 0 fully saturated rings. The van der Waals surface area contributed by atoms with Crippen molar-refractivity contribution < 1.29 is 20.4 Å². The lowest BCUT2D eigenvalue weighted by Gasteiger charge is -2.06. The van der Waals surface area contributed by atoms with Gasteiger partial charge in [0.1, 0.15) is 23.0 Å². The van der Waals surface area contributed by atoms with Crippen molar-refractivity contribution in [1.29, 1.82) is 0 Å². The first-order valence-corrected chi connectivity index (χ1v) is 10.5. The number of hydrogen-bond donors (Lipinski definition) is 4. The second-order valence-electron chi connectivity index (χ2n) is 7.21. The molecule has 0 aromatic heterocycles. The molecule has 4 nitrogen and oxygen atoms in total. The van der Waals surface area contributed by atoms with Crippen LogP contribution in [0.2, 0.25) is 0 Å². The summed E-state index contributed by atoms with van der Waals surface area (Å²) in [6.07, 6.45) is 11.0. The van der Waals surface area contributed by atoms with Crippen LogP contribution in [0, 0.1) is 0 Å². The highest BCUT2D eigenvalue weighted by Crippen LogP contribution is 2.28. The topological polar surface area (TPSA) is 80.9 Å². The second-order valence-corrected chi connectivity index (χ2v) is 7.21. The molecule has 0 aliphatic rings. The van der Waals surface area contributed by atoms with E-state index < -0.39 is 0 Å². The summed E-state index contributed by atoms with van der Waals surface area (Å²) in [7, 11) is 0. The largest absolute Gasteiger partial charge is 0.508 e. The van der Waals surface area contributed by atoms with Crippen LogP contribution < -0.4 is 0 Å². The van der Waals surface area contributed by atoms with Crippen LogP contribution in [-0.2, 0) is 12.8 Å². The Bertz CT molecular complexity index is 662. The minimum absolute atomic E-state index is 0.125. The molecule has 0 aliphatic carbocycles. The number of unbranched alkanes of at least 4 members (excludes halogenated alkanes) is 6. The fourth-order valence-electron chi connectivity index (χ4n) is 3.05. The molecule has 0 radical (unpaired) electrons. The monoisotopic (exact) mass is 388 g/mol. The van der Waals surface area contributed by atoms with Gasteiger partial charge in [0.15, 0.2) is 0 Å². The maximum Gasteiger partial charge on any atom is 0.122 e. The number of benzene rings is 2. The predicted molar refractivity (Wildman–Crippen MR) is 115 cm³/mol. The molecule has 2 aromatic rings. The van der Waals surface area contributed by atoms with Gasteiger partial charge >= 0.3 is 0 Å². The lowest BCUT2D eigenvalue weighted by molar-refractivity contribution is 0.436. The fraction of sp³-hybridized carbons (Fsp3) is 0.500. The van der Waals surface area contributed by atoms with Crippen LogP contribution in [0.1, 0.15) is 76.3 Å². The zero-order valence-electron chi connectivity index (χ0n) is 17.3. The Labute approximate surface area is 169 Å². The molecule has 0 heterocycles. The third kappa shape index (κ3) is 9.03. The van der Waals surface area contributed by atoms with Crippen molar-refractivity contribution in [2.24, 2.45) is 0 Å². The zero-order chi connectivity index (χ0) is 20.8. The Morgan fingerprint density at radius 1 is 0.607 bits per heavy atom. The zero-order valence-corrected chi connectivity index (χ0v) is 17.3. The molecule has 156 valence electrons. The molecule has 0 amide bonds. The lowest BCUT2D eigenvalue weighted by Crippen LogP contribution is -1.87. The summed E-state index contributed by atoms with van der Waals surface area (Å²) in [5.41, 5.74) is 1.61. The summed E-state index contributed by atoms with van der Waals surface area (Å²) in [5, 5.41) is 37.6. The first-order chi connectivity index (χ1) is 13.5. The van der Waals surface area contributed by atoms with E-state index in [2.05, 4.69) is 13.8 Å². The van der Waals surface area contributed by atoms with Gasteiger partial charge in [-0.3, -0.25) is 0 Å². The molecule has 4 N–H and O–H groups in total. The van der Waals surface area contributed by atoms with E-state index in [-0.39, 0.29) is 23.0 Å². The molecule has 0 bridgehead atoms.